The Labute approximate surface area is 72.2 Å². The molecule has 0 aromatic carbocycles. The monoisotopic (exact) mass is 380 g/mol. The topological polar surface area (TPSA) is 0 Å². The summed E-state index contributed by atoms with van der Waals surface area (Å²) in [5.74, 6) is 0. The molecule has 0 aliphatic heterocycles. The van der Waals surface area contributed by atoms with Crippen LogP contribution in [-0.2, 0) is 0 Å². The third-order valence-electron chi connectivity index (χ3n) is 0. The molecule has 0 aromatic heterocycles. The molecule has 0 saturated heterocycles. The number of hydrogen-bond donors (Lipinski definition) is 0. The Morgan fingerprint density at radius 2 is 0.833 bits per heavy atom. The molecule has 0 bridgehead atoms. The van der Waals surface area contributed by atoms with Gasteiger partial charge < -0.3 is 0 Å². The first-order chi connectivity index (χ1) is 2.00. The van der Waals surface area contributed by atoms with Crippen LogP contribution in [0.5, 0.6) is 0 Å². The molecular weight excluding hydrogens is 379 g/mol. The van der Waals surface area contributed by atoms with E-state index >= 15 is 0 Å². The molecule has 0 aliphatic rings. The van der Waals surface area contributed by atoms with Gasteiger partial charge in [-0.25, -0.2) is 0 Å². The van der Waals surface area contributed by atoms with Gasteiger partial charge in [0.25, 0.3) is 0 Å². The fourth-order valence-corrected chi connectivity index (χ4v) is 0. The first kappa shape index (κ1) is 11.5. The van der Waals surface area contributed by atoms with Crippen LogP contribution < -0.4 is 0 Å². The van der Waals surface area contributed by atoms with Gasteiger partial charge in [-0.15, -0.1) is 0 Å². The van der Waals surface area contributed by atoms with Crippen LogP contribution in [0.1, 0.15) is 0 Å². The molecule has 6 heavy (non-hydrogen) atoms. The van der Waals surface area contributed by atoms with Gasteiger partial charge in [0.15, 0.2) is 0 Å². The number of hydrogen-bond acceptors (Lipinski definition) is 0. The average Bonchev–Trinajstić information content (AvgIpc) is 0.722. The van der Waals surface area contributed by atoms with Crippen LogP contribution in [0.4, 0.5) is 0 Å². The van der Waals surface area contributed by atoms with Crippen molar-refractivity contribution in [1.82, 2.24) is 0 Å². The molecule has 0 spiro atoms. The molecule has 0 nitrogen and oxygen atoms in total. The zero-order valence-electron chi connectivity index (χ0n) is 2.51. The summed E-state index contributed by atoms with van der Waals surface area (Å²) in [4.78, 5) is 0. The second-order valence-corrected chi connectivity index (χ2v) is 25.9. The maximum Gasteiger partial charge on any atom is 2.00 e. The Hall–Kier alpha value is 2.76. The molecule has 0 unspecified atom stereocenters. The summed E-state index contributed by atoms with van der Waals surface area (Å²) in [7, 11) is 20.1. The van der Waals surface area contributed by atoms with E-state index in [2.05, 4.69) is 0 Å². The Morgan fingerprint density at radius 1 is 0.833 bits per heavy atom. The summed E-state index contributed by atoms with van der Waals surface area (Å²) in [6.07, 6.45) is 0. The molecule has 0 heterocycles. The van der Waals surface area contributed by atoms with Gasteiger partial charge in [-0.3, -0.25) is 0 Å². The van der Waals surface area contributed by atoms with E-state index in [-0.39, 0.29) is 23.9 Å². The summed E-state index contributed by atoms with van der Waals surface area (Å²) in [5, 5.41) is 0. The third-order valence-corrected chi connectivity index (χ3v) is 0. The summed E-state index contributed by atoms with van der Waals surface area (Å²) in [5.41, 5.74) is 0. The van der Waals surface area contributed by atoms with Crippen molar-refractivity contribution in [2.45, 2.75) is 0 Å². The van der Waals surface area contributed by atoms with Gasteiger partial charge in [0.05, 0.1) is 0 Å². The normalized spacial score (nSPS) is 10.0. The van der Waals surface area contributed by atoms with E-state index < -0.39 is 13.9 Å². The molecule has 0 amide bonds. The Bertz CT molecular complexity index is 21.0. The minimum atomic E-state index is -3.29. The van der Waals surface area contributed by atoms with Crippen LogP contribution in [-0.4, -0.2) is 37.8 Å². The van der Waals surface area contributed by atoms with E-state index in [1.54, 1.807) is 0 Å². The van der Waals surface area contributed by atoms with E-state index in [4.69, 9.17) is 35.7 Å². The fourth-order valence-electron chi connectivity index (χ4n) is 0. The van der Waals surface area contributed by atoms with Crippen molar-refractivity contribution in [2.75, 3.05) is 0 Å². The van der Waals surface area contributed by atoms with E-state index in [0.29, 0.717) is 0 Å². The largest absolute Gasteiger partial charge is 2.00 e. The van der Waals surface area contributed by atoms with Gasteiger partial charge in [-0.1, -0.05) is 0 Å². The van der Waals surface area contributed by atoms with Crippen LogP contribution in [0, 0.1) is 0 Å². The summed E-state index contributed by atoms with van der Waals surface area (Å²) >= 11 is -3.29. The van der Waals surface area contributed by atoms with Gasteiger partial charge in [0.2, 0.25) is 0 Å². The molecule has 0 atom stereocenters. The van der Waals surface area contributed by atoms with Crippen molar-refractivity contribution in [1.29, 1.82) is 0 Å². The Morgan fingerprint density at radius 3 is 0.833 bits per heavy atom. The zero-order chi connectivity index (χ0) is 4.50. The SMILES string of the molecule is [Cl][Sn]([Cl])([Cl])[Cl].[Sn+2]. The fraction of sp³-hybridized carbons (Fsp3) is 0. The molecular formula is Cl4Sn2+2. The molecule has 0 aromatic rings. The standard InChI is InChI=1S/4ClH.2Sn/h4*1H;;/q;;;;+2;+4/p-4. The van der Waals surface area contributed by atoms with Crippen molar-refractivity contribution in [3.05, 3.63) is 0 Å². The van der Waals surface area contributed by atoms with Crippen LogP contribution in [0.3, 0.4) is 0 Å². The molecule has 0 fully saturated rings. The van der Waals surface area contributed by atoms with Gasteiger partial charge in [0.1, 0.15) is 0 Å². The summed E-state index contributed by atoms with van der Waals surface area (Å²) < 4.78 is 0. The minimum Gasteiger partial charge on any atom is 2.00 e. The number of rotatable bonds is 0. The van der Waals surface area contributed by atoms with Gasteiger partial charge in [-0.05, 0) is 0 Å². The van der Waals surface area contributed by atoms with Crippen molar-refractivity contribution < 1.29 is 0 Å². The smallest absolute Gasteiger partial charge is 2.00 e. The van der Waals surface area contributed by atoms with Crippen LogP contribution in [0.2, 0.25) is 0 Å². The van der Waals surface area contributed by atoms with E-state index in [9.17, 15) is 0 Å². The third kappa shape index (κ3) is 29.5. The van der Waals surface area contributed by atoms with Crippen molar-refractivity contribution in [2.24, 2.45) is 0 Å². The predicted molar refractivity (Wildman–Crippen MR) is 34.9 cm³/mol. The van der Waals surface area contributed by atoms with Crippen molar-refractivity contribution in [3.63, 3.8) is 0 Å². The molecule has 0 aliphatic carbocycles. The van der Waals surface area contributed by atoms with Crippen molar-refractivity contribution >= 4 is 73.5 Å². The predicted octanol–water partition coefficient (Wildman–Crippen LogP) is 2.00. The summed E-state index contributed by atoms with van der Waals surface area (Å²) in [6.45, 7) is 0. The quantitative estimate of drug-likeness (QED) is 0.565. The van der Waals surface area contributed by atoms with E-state index in [0.717, 1.165) is 0 Å². The second-order valence-electron chi connectivity index (χ2n) is 0.429. The molecule has 0 saturated carbocycles. The molecule has 0 rings (SSSR count). The van der Waals surface area contributed by atoms with Gasteiger partial charge in [0, 0.05) is 0 Å². The minimum absolute atomic E-state index is 0. The van der Waals surface area contributed by atoms with Crippen LogP contribution in [0.25, 0.3) is 0 Å². The Balaban J connectivity index is 0. The van der Waals surface area contributed by atoms with Crippen LogP contribution >= 0.6 is 35.7 Å². The van der Waals surface area contributed by atoms with E-state index in [1.165, 1.54) is 0 Å². The average molecular weight is 379 g/mol. The first-order valence-electron chi connectivity index (χ1n) is 0.756. The molecule has 2 radical (unpaired) electrons. The molecule has 0 N–H and O–H groups in total. The Kier molecular flexibility index (Phi) is 8.88. The maximum absolute atomic E-state index is 5.04. The summed E-state index contributed by atoms with van der Waals surface area (Å²) in [6, 6.07) is 0. The molecule has 6 heteroatoms. The zero-order valence-corrected chi connectivity index (χ0v) is 11.2. The molecule has 34 valence electrons. The van der Waals surface area contributed by atoms with Crippen molar-refractivity contribution in [3.8, 4) is 0 Å². The van der Waals surface area contributed by atoms with Gasteiger partial charge >= 0.3 is 73.5 Å². The van der Waals surface area contributed by atoms with E-state index in [1.807, 2.05) is 0 Å². The number of halogens is 4. The first-order valence-corrected chi connectivity index (χ1v) is 15.2. The second kappa shape index (κ2) is 4.62. The van der Waals surface area contributed by atoms with Gasteiger partial charge in [-0.2, -0.15) is 0 Å². The van der Waals surface area contributed by atoms with Crippen LogP contribution in [0.15, 0.2) is 0 Å². The maximum atomic E-state index is 5.04.